The molecule has 20 heavy (non-hydrogen) atoms. The van der Waals surface area contributed by atoms with Gasteiger partial charge in [-0.2, -0.15) is 0 Å². The zero-order valence-electron chi connectivity index (χ0n) is 11.4. The molecule has 0 fully saturated rings. The second-order valence-electron chi connectivity index (χ2n) is 4.74. The van der Waals surface area contributed by atoms with Crippen molar-refractivity contribution in [2.75, 3.05) is 7.05 Å². The Morgan fingerprint density at radius 2 is 2.15 bits per heavy atom. The summed E-state index contributed by atoms with van der Waals surface area (Å²) in [5.74, 6) is -0.316. The summed E-state index contributed by atoms with van der Waals surface area (Å²) in [5, 5.41) is 3.09. The van der Waals surface area contributed by atoms with Crippen LogP contribution < -0.4 is 5.73 Å². The highest BCUT2D eigenvalue weighted by molar-refractivity contribution is 7.80. The number of thiocarbonyl (C=S) groups is 1. The molecule has 0 bridgehead atoms. The van der Waals surface area contributed by atoms with Gasteiger partial charge in [0, 0.05) is 24.0 Å². The Morgan fingerprint density at radius 1 is 1.40 bits per heavy atom. The third kappa shape index (κ3) is 4.06. The fourth-order valence-electron chi connectivity index (χ4n) is 2.01. The van der Waals surface area contributed by atoms with Crippen LogP contribution in [0.3, 0.4) is 0 Å². The van der Waals surface area contributed by atoms with E-state index < -0.39 is 0 Å². The maximum atomic E-state index is 13.5. The van der Waals surface area contributed by atoms with Crippen molar-refractivity contribution in [3.63, 3.8) is 0 Å². The number of rotatable bonds is 5. The van der Waals surface area contributed by atoms with E-state index in [4.69, 9.17) is 18.0 Å². The maximum Gasteiger partial charge on any atom is 0.124 e. The molecule has 1 aromatic carbocycles. The van der Waals surface area contributed by atoms with Gasteiger partial charge >= 0.3 is 0 Å². The smallest absolute Gasteiger partial charge is 0.124 e. The van der Waals surface area contributed by atoms with Crippen molar-refractivity contribution in [2.24, 2.45) is 5.73 Å². The summed E-state index contributed by atoms with van der Waals surface area (Å²) in [7, 11) is 1.97. The van der Waals surface area contributed by atoms with Gasteiger partial charge in [-0.15, -0.1) is 11.3 Å². The highest BCUT2D eigenvalue weighted by atomic mass is 32.1. The fourth-order valence-corrected chi connectivity index (χ4v) is 2.73. The Kier molecular flexibility index (Phi) is 4.80. The first kappa shape index (κ1) is 15.0. The number of halogens is 1. The van der Waals surface area contributed by atoms with E-state index in [1.54, 1.807) is 11.3 Å². The van der Waals surface area contributed by atoms with E-state index in [-0.39, 0.29) is 10.8 Å². The van der Waals surface area contributed by atoms with Gasteiger partial charge < -0.3 is 5.73 Å². The van der Waals surface area contributed by atoms with E-state index in [1.807, 2.05) is 25.4 Å². The molecule has 0 saturated heterocycles. The average molecular weight is 309 g/mol. The lowest BCUT2D eigenvalue weighted by molar-refractivity contribution is 0.315. The molecule has 0 radical (unpaired) electrons. The van der Waals surface area contributed by atoms with E-state index in [9.17, 15) is 4.39 Å². The first-order chi connectivity index (χ1) is 9.44. The molecule has 2 aromatic rings. The van der Waals surface area contributed by atoms with E-state index in [1.165, 1.54) is 12.1 Å². The molecular weight excluding hydrogens is 293 g/mol. The normalized spacial score (nSPS) is 11.0. The zero-order chi connectivity index (χ0) is 14.7. The molecule has 0 saturated carbocycles. The minimum absolute atomic E-state index is 0.212. The number of aromatic nitrogens is 1. The second kappa shape index (κ2) is 6.39. The van der Waals surface area contributed by atoms with Crippen molar-refractivity contribution < 1.29 is 4.39 Å². The van der Waals surface area contributed by atoms with Crippen molar-refractivity contribution in [3.05, 3.63) is 51.2 Å². The number of thiazole rings is 1. The Hall–Kier alpha value is -1.37. The Bertz CT molecular complexity index is 625. The maximum absolute atomic E-state index is 13.5. The first-order valence-corrected chi connectivity index (χ1v) is 7.41. The average Bonchev–Trinajstić information content (AvgIpc) is 2.73. The third-order valence-electron chi connectivity index (χ3n) is 2.79. The molecule has 3 nitrogen and oxygen atoms in total. The Labute approximate surface area is 127 Å². The van der Waals surface area contributed by atoms with E-state index in [2.05, 4.69) is 9.88 Å². The summed E-state index contributed by atoms with van der Waals surface area (Å²) in [6, 6.07) is 4.69. The Balaban J connectivity index is 2.07. The predicted molar refractivity (Wildman–Crippen MR) is 84.3 cm³/mol. The summed E-state index contributed by atoms with van der Waals surface area (Å²) < 4.78 is 13.5. The van der Waals surface area contributed by atoms with Crippen LogP contribution in [0.4, 0.5) is 4.39 Å². The molecule has 0 amide bonds. The lowest BCUT2D eigenvalue weighted by Crippen LogP contribution is -2.18. The van der Waals surface area contributed by atoms with Gasteiger partial charge in [0.25, 0.3) is 0 Å². The number of aryl methyl sites for hydroxylation is 1. The van der Waals surface area contributed by atoms with Crippen molar-refractivity contribution in [1.82, 2.24) is 9.88 Å². The second-order valence-corrected chi connectivity index (χ2v) is 6.24. The van der Waals surface area contributed by atoms with Crippen molar-refractivity contribution in [1.29, 1.82) is 0 Å². The molecule has 1 heterocycles. The van der Waals surface area contributed by atoms with Gasteiger partial charge in [-0.3, -0.25) is 4.90 Å². The molecule has 0 aliphatic rings. The predicted octanol–water partition coefficient (Wildman–Crippen LogP) is 2.86. The number of nitrogens with zero attached hydrogens (tertiary/aromatic N) is 2. The summed E-state index contributed by atoms with van der Waals surface area (Å²) in [6.45, 7) is 3.32. The fraction of sp³-hybridized carbons (Fsp3) is 0.286. The van der Waals surface area contributed by atoms with Crippen LogP contribution in [-0.4, -0.2) is 21.9 Å². The largest absolute Gasteiger partial charge is 0.389 e. The topological polar surface area (TPSA) is 42.2 Å². The quantitative estimate of drug-likeness (QED) is 0.863. The number of hydrogen-bond acceptors (Lipinski definition) is 4. The van der Waals surface area contributed by atoms with Crippen molar-refractivity contribution in [2.45, 2.75) is 20.0 Å². The summed E-state index contributed by atoms with van der Waals surface area (Å²) in [5.41, 5.74) is 7.99. The van der Waals surface area contributed by atoms with Gasteiger partial charge in [0.15, 0.2) is 0 Å². The summed E-state index contributed by atoms with van der Waals surface area (Å²) >= 11 is 6.52. The highest BCUT2D eigenvalue weighted by Crippen LogP contribution is 2.14. The third-order valence-corrected chi connectivity index (χ3v) is 3.85. The standard InChI is InChI=1S/C14H16FN3S2/c1-9-17-13(8-20-9)7-18(2)6-10-3-11(14(16)19)5-12(15)4-10/h3-5,8H,6-7H2,1-2H3,(H2,16,19). The van der Waals surface area contributed by atoms with Crippen LogP contribution in [0, 0.1) is 12.7 Å². The molecule has 2 rings (SSSR count). The van der Waals surface area contributed by atoms with E-state index >= 15 is 0 Å². The lowest BCUT2D eigenvalue weighted by atomic mass is 10.1. The molecule has 0 atom stereocenters. The van der Waals surface area contributed by atoms with E-state index in [0.717, 1.165) is 22.8 Å². The molecule has 6 heteroatoms. The molecule has 0 spiro atoms. The van der Waals surface area contributed by atoms with Gasteiger partial charge in [-0.1, -0.05) is 12.2 Å². The molecule has 0 aliphatic carbocycles. The van der Waals surface area contributed by atoms with Gasteiger partial charge in [0.2, 0.25) is 0 Å². The van der Waals surface area contributed by atoms with Crippen LogP contribution in [0.2, 0.25) is 0 Å². The van der Waals surface area contributed by atoms with Gasteiger partial charge in [-0.25, -0.2) is 9.37 Å². The lowest BCUT2D eigenvalue weighted by Gasteiger charge is -2.16. The van der Waals surface area contributed by atoms with Crippen molar-refractivity contribution in [3.8, 4) is 0 Å². The van der Waals surface area contributed by atoms with Gasteiger partial charge in [0.05, 0.1) is 10.7 Å². The number of hydrogen-bond donors (Lipinski definition) is 1. The van der Waals surface area contributed by atoms with E-state index in [0.29, 0.717) is 12.1 Å². The molecule has 0 aliphatic heterocycles. The van der Waals surface area contributed by atoms with Crippen LogP contribution >= 0.6 is 23.6 Å². The first-order valence-electron chi connectivity index (χ1n) is 6.13. The molecule has 2 N–H and O–H groups in total. The molecular formula is C14H16FN3S2. The highest BCUT2D eigenvalue weighted by Gasteiger charge is 2.08. The molecule has 106 valence electrons. The van der Waals surface area contributed by atoms with Crippen LogP contribution in [0.15, 0.2) is 23.6 Å². The van der Waals surface area contributed by atoms with Gasteiger partial charge in [0.1, 0.15) is 10.8 Å². The summed E-state index contributed by atoms with van der Waals surface area (Å²) in [4.78, 5) is 6.71. The van der Waals surface area contributed by atoms with Gasteiger partial charge in [-0.05, 0) is 37.7 Å². The van der Waals surface area contributed by atoms with Crippen LogP contribution in [0.5, 0.6) is 0 Å². The van der Waals surface area contributed by atoms with Crippen molar-refractivity contribution >= 4 is 28.5 Å². The molecule has 1 aromatic heterocycles. The number of nitrogens with two attached hydrogens (primary N) is 1. The minimum Gasteiger partial charge on any atom is -0.389 e. The minimum atomic E-state index is -0.316. The monoisotopic (exact) mass is 309 g/mol. The number of benzene rings is 1. The van der Waals surface area contributed by atoms with Crippen LogP contribution in [0.1, 0.15) is 21.8 Å². The Morgan fingerprint density at radius 3 is 2.75 bits per heavy atom. The SMILES string of the molecule is Cc1nc(CN(C)Cc2cc(F)cc(C(N)=S)c2)cs1. The zero-order valence-corrected chi connectivity index (χ0v) is 13.0. The van der Waals surface area contributed by atoms with Crippen LogP contribution in [-0.2, 0) is 13.1 Å². The molecule has 0 unspecified atom stereocenters. The summed E-state index contributed by atoms with van der Waals surface area (Å²) in [6.07, 6.45) is 0. The van der Waals surface area contributed by atoms with Crippen LogP contribution in [0.25, 0.3) is 0 Å².